The molecule has 0 fully saturated rings. The number of ketones is 1. The number of benzene rings is 1. The first-order chi connectivity index (χ1) is 8.99. The van der Waals surface area contributed by atoms with Crippen LogP contribution in [-0.4, -0.2) is 25.5 Å². The molecule has 2 rings (SSSR count). The van der Waals surface area contributed by atoms with Crippen LogP contribution in [0, 0.1) is 10.1 Å². The van der Waals surface area contributed by atoms with Gasteiger partial charge in [-0.3, -0.25) is 4.79 Å². The zero-order chi connectivity index (χ0) is 14.0. The van der Waals surface area contributed by atoms with E-state index in [0.29, 0.717) is 0 Å². The molecule has 0 aliphatic rings. The molecule has 0 spiro atoms. The van der Waals surface area contributed by atoms with Gasteiger partial charge in [-0.2, -0.15) is 4.68 Å². The second-order valence-corrected chi connectivity index (χ2v) is 4.31. The summed E-state index contributed by atoms with van der Waals surface area (Å²) in [6, 6.07) is 4.66. The summed E-state index contributed by atoms with van der Waals surface area (Å²) in [5, 5.41) is 14.4. The van der Waals surface area contributed by atoms with Gasteiger partial charge in [-0.15, -0.1) is 0 Å². The number of nitrogens with zero attached hydrogens (tertiary/aromatic N) is 4. The Morgan fingerprint density at radius 2 is 2.16 bits per heavy atom. The van der Waals surface area contributed by atoms with Gasteiger partial charge < -0.3 is 10.1 Å². The molecule has 98 valence electrons. The summed E-state index contributed by atoms with van der Waals surface area (Å²) in [4.78, 5) is 25.1. The van der Waals surface area contributed by atoms with Crippen molar-refractivity contribution < 1.29 is 9.72 Å². The number of aromatic nitrogens is 3. The number of nitro groups is 1. The van der Waals surface area contributed by atoms with Crippen LogP contribution >= 0.6 is 23.2 Å². The Labute approximate surface area is 116 Å². The second kappa shape index (κ2) is 5.33. The Morgan fingerprint density at radius 3 is 2.79 bits per heavy atom. The van der Waals surface area contributed by atoms with Gasteiger partial charge in [0.2, 0.25) is 6.33 Å². The third-order valence-electron chi connectivity index (χ3n) is 2.25. The first-order valence-corrected chi connectivity index (χ1v) is 5.75. The van der Waals surface area contributed by atoms with E-state index in [4.69, 9.17) is 23.2 Å². The van der Waals surface area contributed by atoms with Crippen molar-refractivity contribution >= 4 is 34.9 Å². The van der Waals surface area contributed by atoms with Gasteiger partial charge >= 0.3 is 5.95 Å². The van der Waals surface area contributed by atoms with Gasteiger partial charge in [-0.25, -0.2) is 0 Å². The van der Waals surface area contributed by atoms with E-state index in [9.17, 15) is 14.9 Å². The molecule has 19 heavy (non-hydrogen) atoms. The summed E-state index contributed by atoms with van der Waals surface area (Å²) in [6.07, 6.45) is 1.11. The maximum atomic E-state index is 12.0. The maximum Gasteiger partial charge on any atom is 0.490 e. The van der Waals surface area contributed by atoms with Gasteiger partial charge in [0, 0.05) is 10.7 Å². The molecule has 0 atom stereocenters. The van der Waals surface area contributed by atoms with Crippen LogP contribution in [-0.2, 0) is 6.54 Å². The second-order valence-electron chi connectivity index (χ2n) is 3.52. The molecule has 0 aliphatic carbocycles. The molecule has 1 heterocycles. The van der Waals surface area contributed by atoms with E-state index < -0.39 is 10.9 Å². The Kier molecular flexibility index (Phi) is 3.77. The van der Waals surface area contributed by atoms with Gasteiger partial charge in [0.05, 0.1) is 10.0 Å². The zero-order valence-electron chi connectivity index (χ0n) is 9.29. The van der Waals surface area contributed by atoms with Crippen LogP contribution < -0.4 is 0 Å². The summed E-state index contributed by atoms with van der Waals surface area (Å²) < 4.78 is 1.07. The molecule has 2 aromatic rings. The first-order valence-electron chi connectivity index (χ1n) is 5.00. The zero-order valence-corrected chi connectivity index (χ0v) is 10.8. The summed E-state index contributed by atoms with van der Waals surface area (Å²) >= 11 is 11.7. The number of carbonyl (C=O) groups is 1. The van der Waals surface area contributed by atoms with Crippen LogP contribution in [0.25, 0.3) is 0 Å². The van der Waals surface area contributed by atoms with Crippen molar-refractivity contribution in [3.8, 4) is 0 Å². The number of Topliss-reactive ketones (excluding diaryl/α,β-unsaturated/α-hetero) is 1. The van der Waals surface area contributed by atoms with Crippen LogP contribution in [0.15, 0.2) is 24.5 Å². The van der Waals surface area contributed by atoms with Gasteiger partial charge in [0.1, 0.15) is 6.54 Å². The van der Waals surface area contributed by atoms with Gasteiger partial charge in [-0.1, -0.05) is 34.3 Å². The molecule has 7 nitrogen and oxygen atoms in total. The van der Waals surface area contributed by atoms with Crippen molar-refractivity contribution in [1.29, 1.82) is 0 Å². The first kappa shape index (κ1) is 13.4. The van der Waals surface area contributed by atoms with Crippen LogP contribution in [0.4, 0.5) is 5.95 Å². The standard InChI is InChI=1S/C10H6Cl2N4O3/c11-7-3-1-2-6(9(7)12)8(17)4-15-5-13-10(14-15)16(18)19/h1-3,5H,4H2. The van der Waals surface area contributed by atoms with E-state index >= 15 is 0 Å². The Morgan fingerprint density at radius 1 is 1.42 bits per heavy atom. The molecule has 1 aromatic carbocycles. The fourth-order valence-electron chi connectivity index (χ4n) is 1.40. The highest BCUT2D eigenvalue weighted by Gasteiger charge is 2.18. The molecular weight excluding hydrogens is 295 g/mol. The number of halogens is 2. The fourth-order valence-corrected chi connectivity index (χ4v) is 1.80. The minimum absolute atomic E-state index is 0.142. The molecule has 0 N–H and O–H groups in total. The van der Waals surface area contributed by atoms with Crippen molar-refractivity contribution in [2.24, 2.45) is 0 Å². The SMILES string of the molecule is O=C(Cn1cnc([N+](=O)[O-])n1)c1cccc(Cl)c1Cl. The molecule has 1 aromatic heterocycles. The summed E-state index contributed by atoms with van der Waals surface area (Å²) in [6.45, 7) is -0.207. The van der Waals surface area contributed by atoms with E-state index in [-0.39, 0.29) is 27.9 Å². The van der Waals surface area contributed by atoms with E-state index in [1.807, 2.05) is 0 Å². The smallest absolute Gasteiger partial charge is 0.390 e. The summed E-state index contributed by atoms with van der Waals surface area (Å²) in [5.41, 5.74) is 0.229. The molecular formula is C10H6Cl2N4O3. The number of rotatable bonds is 4. The molecule has 0 amide bonds. The largest absolute Gasteiger partial charge is 0.490 e. The Hall–Kier alpha value is -1.99. The molecule has 0 saturated heterocycles. The van der Waals surface area contributed by atoms with Gasteiger partial charge in [-0.05, 0) is 17.1 Å². The summed E-state index contributed by atoms with van der Waals surface area (Å²) in [5.74, 6) is -0.933. The van der Waals surface area contributed by atoms with Crippen molar-refractivity contribution in [3.63, 3.8) is 0 Å². The number of hydrogen-bond acceptors (Lipinski definition) is 5. The average molecular weight is 301 g/mol. The minimum atomic E-state index is -0.743. The van der Waals surface area contributed by atoms with E-state index in [0.717, 1.165) is 11.0 Å². The molecule has 0 bridgehead atoms. The summed E-state index contributed by atoms with van der Waals surface area (Å²) in [7, 11) is 0. The minimum Gasteiger partial charge on any atom is -0.390 e. The quantitative estimate of drug-likeness (QED) is 0.491. The number of carbonyl (C=O) groups excluding carboxylic acids is 1. The van der Waals surface area contributed by atoms with E-state index in [1.165, 1.54) is 6.07 Å². The van der Waals surface area contributed by atoms with Gasteiger partial charge in [0.25, 0.3) is 0 Å². The lowest BCUT2D eigenvalue weighted by molar-refractivity contribution is -0.394. The van der Waals surface area contributed by atoms with E-state index in [2.05, 4.69) is 10.1 Å². The highest BCUT2D eigenvalue weighted by Crippen LogP contribution is 2.26. The van der Waals surface area contributed by atoms with Crippen LogP contribution in [0.3, 0.4) is 0 Å². The van der Waals surface area contributed by atoms with Crippen LogP contribution in [0.5, 0.6) is 0 Å². The van der Waals surface area contributed by atoms with Gasteiger partial charge in [0.15, 0.2) is 5.78 Å². The lowest BCUT2D eigenvalue weighted by Gasteiger charge is -2.03. The lowest BCUT2D eigenvalue weighted by atomic mass is 10.1. The molecule has 0 saturated carbocycles. The Balaban J connectivity index is 2.21. The third-order valence-corrected chi connectivity index (χ3v) is 3.06. The third kappa shape index (κ3) is 2.88. The predicted octanol–water partition coefficient (Wildman–Crippen LogP) is 2.38. The van der Waals surface area contributed by atoms with Crippen molar-refractivity contribution in [2.75, 3.05) is 0 Å². The number of hydrogen-bond donors (Lipinski definition) is 0. The Bertz CT molecular complexity index is 656. The predicted molar refractivity (Wildman–Crippen MR) is 67.5 cm³/mol. The molecule has 0 radical (unpaired) electrons. The fraction of sp³-hybridized carbons (Fsp3) is 0.100. The average Bonchev–Trinajstić information content (AvgIpc) is 2.81. The normalized spacial score (nSPS) is 10.4. The van der Waals surface area contributed by atoms with Crippen LogP contribution in [0.2, 0.25) is 10.0 Å². The highest BCUT2D eigenvalue weighted by atomic mass is 35.5. The molecule has 9 heteroatoms. The monoisotopic (exact) mass is 300 g/mol. The highest BCUT2D eigenvalue weighted by molar-refractivity contribution is 6.43. The molecule has 0 aliphatic heterocycles. The topological polar surface area (TPSA) is 90.9 Å². The van der Waals surface area contributed by atoms with Crippen molar-refractivity contribution in [1.82, 2.24) is 14.8 Å². The maximum absolute atomic E-state index is 12.0. The molecule has 0 unspecified atom stereocenters. The van der Waals surface area contributed by atoms with E-state index in [1.54, 1.807) is 12.1 Å². The van der Waals surface area contributed by atoms with Crippen molar-refractivity contribution in [3.05, 3.63) is 50.2 Å². The van der Waals surface area contributed by atoms with Crippen molar-refractivity contribution in [2.45, 2.75) is 6.54 Å². The lowest BCUT2D eigenvalue weighted by Crippen LogP contribution is -2.11. The van der Waals surface area contributed by atoms with Crippen LogP contribution in [0.1, 0.15) is 10.4 Å².